The number of thiophene rings is 1. The number of nitrogens with zero attached hydrogens (tertiary/aromatic N) is 6. The molecule has 0 fully saturated rings. The number of rotatable bonds is 6. The minimum Gasteiger partial charge on any atom is -0.494 e. The van der Waals surface area contributed by atoms with E-state index in [1.54, 1.807) is 51.1 Å². The smallest absolute Gasteiger partial charge is 0.275 e. The van der Waals surface area contributed by atoms with E-state index in [9.17, 15) is 4.79 Å². The number of H-pyrrole nitrogens is 1. The maximum Gasteiger partial charge on any atom is 0.275 e. The van der Waals surface area contributed by atoms with Gasteiger partial charge in [0.1, 0.15) is 22.7 Å². The summed E-state index contributed by atoms with van der Waals surface area (Å²) in [5, 5.41) is 16.5. The van der Waals surface area contributed by atoms with Crippen molar-refractivity contribution in [3.63, 3.8) is 0 Å². The highest BCUT2D eigenvalue weighted by Gasteiger charge is 2.25. The van der Waals surface area contributed by atoms with E-state index in [-0.39, 0.29) is 5.91 Å². The molecule has 1 aliphatic heterocycles. The van der Waals surface area contributed by atoms with Crippen LogP contribution >= 0.6 is 11.3 Å². The lowest BCUT2D eigenvalue weighted by atomic mass is 10.0. The fraction of sp³-hybridized carbons (Fsp3) is 0.292. The summed E-state index contributed by atoms with van der Waals surface area (Å²) in [6.45, 7) is 2.19. The van der Waals surface area contributed by atoms with Crippen LogP contribution in [0.5, 0.6) is 5.75 Å². The third kappa shape index (κ3) is 3.93. The van der Waals surface area contributed by atoms with Gasteiger partial charge in [0.25, 0.3) is 5.91 Å². The van der Waals surface area contributed by atoms with Crippen LogP contribution in [0.4, 0.5) is 11.5 Å². The molecule has 4 aromatic heterocycles. The molecule has 1 aliphatic rings. The summed E-state index contributed by atoms with van der Waals surface area (Å²) < 4.78 is 11.0. The number of hydrogen-bond acceptors (Lipinski definition) is 10. The fourth-order valence-electron chi connectivity index (χ4n) is 4.51. The van der Waals surface area contributed by atoms with Crippen molar-refractivity contribution in [1.29, 1.82) is 0 Å². The summed E-state index contributed by atoms with van der Waals surface area (Å²) in [5.74, 6) is 1.97. The van der Waals surface area contributed by atoms with Crippen molar-refractivity contribution in [3.05, 3.63) is 52.6 Å². The Bertz CT molecular complexity index is 1590. The van der Waals surface area contributed by atoms with Crippen LogP contribution in [0, 0.1) is 0 Å². The molecule has 0 saturated carbocycles. The Balaban J connectivity index is 1.27. The predicted molar refractivity (Wildman–Crippen MR) is 136 cm³/mol. The number of ether oxygens (including phenoxy) is 1. The first kappa shape index (κ1) is 22.4. The van der Waals surface area contributed by atoms with Crippen LogP contribution in [-0.4, -0.2) is 68.8 Å². The first-order chi connectivity index (χ1) is 17.5. The van der Waals surface area contributed by atoms with Crippen LogP contribution in [0.3, 0.4) is 0 Å². The maximum absolute atomic E-state index is 12.1. The number of methoxy groups -OCH3 is 1. The monoisotopic (exact) mass is 504 g/mol. The molecular weight excluding hydrogens is 480 g/mol. The van der Waals surface area contributed by atoms with Gasteiger partial charge in [0.15, 0.2) is 11.5 Å². The van der Waals surface area contributed by atoms with Gasteiger partial charge in [-0.2, -0.15) is 5.10 Å². The van der Waals surface area contributed by atoms with E-state index in [2.05, 4.69) is 35.5 Å². The van der Waals surface area contributed by atoms with Gasteiger partial charge in [-0.3, -0.25) is 14.8 Å². The van der Waals surface area contributed by atoms with Gasteiger partial charge < -0.3 is 19.5 Å². The van der Waals surface area contributed by atoms with Gasteiger partial charge in [-0.05, 0) is 18.1 Å². The second-order valence-electron chi connectivity index (χ2n) is 8.88. The van der Waals surface area contributed by atoms with Crippen LogP contribution in [0.1, 0.15) is 26.7 Å². The molecule has 12 heteroatoms. The van der Waals surface area contributed by atoms with Crippen LogP contribution in [0.25, 0.3) is 21.1 Å². The second kappa shape index (κ2) is 8.88. The van der Waals surface area contributed by atoms with E-state index >= 15 is 0 Å². The number of aromatic nitrogens is 5. The molecule has 36 heavy (non-hydrogen) atoms. The van der Waals surface area contributed by atoms with Crippen LogP contribution in [0.15, 0.2) is 35.2 Å². The highest BCUT2D eigenvalue weighted by Crippen LogP contribution is 2.40. The third-order valence-electron chi connectivity index (χ3n) is 6.29. The number of carbonyl (C=O) groups is 1. The lowest BCUT2D eigenvalue weighted by molar-refractivity contribution is 0.0817. The zero-order chi connectivity index (χ0) is 24.8. The highest BCUT2D eigenvalue weighted by atomic mass is 32.1. The number of nitrogens with one attached hydrogen (secondary N) is 2. The van der Waals surface area contributed by atoms with Crippen LogP contribution in [0.2, 0.25) is 0 Å². The Morgan fingerprint density at radius 1 is 1.31 bits per heavy atom. The largest absolute Gasteiger partial charge is 0.494 e. The zero-order valence-corrected chi connectivity index (χ0v) is 20.8. The molecule has 11 nitrogen and oxygen atoms in total. The quantitative estimate of drug-likeness (QED) is 0.357. The third-order valence-corrected chi connectivity index (χ3v) is 7.42. The number of carbonyl (C=O) groups excluding carboxylic acids is 1. The standard InChI is InChI=1S/C24H24N8O3S/c1-31(2)24(33)18-7-14(35-30-18)10-32-5-4-15-20(11-32)36-23-21(15)22(25-12-26-23)28-17-6-13-9-27-29-16(13)8-19(17)34-3/h6-9,12H,4-5,10-11H2,1-3H3,(H,27,29)(H,25,26,28). The summed E-state index contributed by atoms with van der Waals surface area (Å²) in [6, 6.07) is 5.64. The molecule has 1 aromatic carbocycles. The van der Waals surface area contributed by atoms with Gasteiger partial charge >= 0.3 is 0 Å². The van der Waals surface area contributed by atoms with Gasteiger partial charge in [-0.15, -0.1) is 11.3 Å². The fourth-order valence-corrected chi connectivity index (χ4v) is 5.74. The number of amides is 1. The van der Waals surface area contributed by atoms with Crippen molar-refractivity contribution in [2.45, 2.75) is 19.5 Å². The Morgan fingerprint density at radius 2 is 2.19 bits per heavy atom. The predicted octanol–water partition coefficient (Wildman–Crippen LogP) is 3.57. The molecule has 1 amide bonds. The molecule has 0 saturated heterocycles. The Kier molecular flexibility index (Phi) is 5.53. The summed E-state index contributed by atoms with van der Waals surface area (Å²) >= 11 is 1.68. The average Bonchev–Trinajstić information content (AvgIpc) is 3.61. The van der Waals surface area contributed by atoms with E-state index < -0.39 is 0 Å². The number of aromatic amines is 1. The summed E-state index contributed by atoms with van der Waals surface area (Å²) in [6.07, 6.45) is 4.22. The second-order valence-corrected chi connectivity index (χ2v) is 9.96. The summed E-state index contributed by atoms with van der Waals surface area (Å²) in [7, 11) is 5.04. The molecule has 2 N–H and O–H groups in total. The molecule has 0 spiro atoms. The van der Waals surface area contributed by atoms with Gasteiger partial charge in [-0.25, -0.2) is 9.97 Å². The van der Waals surface area contributed by atoms with Gasteiger partial charge in [0.05, 0.1) is 36.4 Å². The Hall–Kier alpha value is -4.03. The van der Waals surface area contributed by atoms with Crippen molar-refractivity contribution in [1.82, 2.24) is 35.1 Å². The average molecular weight is 505 g/mol. The van der Waals surface area contributed by atoms with Crippen LogP contribution in [-0.2, 0) is 19.5 Å². The van der Waals surface area contributed by atoms with Gasteiger partial charge in [0.2, 0.25) is 0 Å². The molecule has 184 valence electrons. The van der Waals surface area contributed by atoms with E-state index in [0.717, 1.165) is 52.1 Å². The minimum absolute atomic E-state index is 0.169. The number of fused-ring (bicyclic) bond motifs is 4. The first-order valence-corrected chi connectivity index (χ1v) is 12.2. The molecule has 5 heterocycles. The molecule has 0 aliphatic carbocycles. The lowest BCUT2D eigenvalue weighted by Crippen LogP contribution is -2.29. The van der Waals surface area contributed by atoms with Gasteiger partial charge in [0, 0.05) is 49.6 Å². The molecule has 6 rings (SSSR count). The van der Waals surface area contributed by atoms with Crippen molar-refractivity contribution >= 4 is 49.9 Å². The first-order valence-electron chi connectivity index (χ1n) is 11.4. The minimum atomic E-state index is -0.169. The summed E-state index contributed by atoms with van der Waals surface area (Å²) in [4.78, 5) is 27.2. The SMILES string of the molecule is COc1cc2[nH]ncc2cc1Nc1ncnc2sc3c(c12)CCN(Cc1cc(C(=O)N(C)C)no1)C3. The van der Waals surface area contributed by atoms with Crippen molar-refractivity contribution in [2.24, 2.45) is 0 Å². The Labute approximate surface area is 210 Å². The molecule has 5 aromatic rings. The molecule has 0 unspecified atom stereocenters. The van der Waals surface area contributed by atoms with Crippen molar-refractivity contribution < 1.29 is 14.1 Å². The van der Waals surface area contributed by atoms with Crippen LogP contribution < -0.4 is 10.1 Å². The maximum atomic E-state index is 12.1. The van der Waals surface area contributed by atoms with Crippen molar-refractivity contribution in [2.75, 3.05) is 33.1 Å². The Morgan fingerprint density at radius 3 is 3.03 bits per heavy atom. The molecule has 0 atom stereocenters. The topological polar surface area (TPSA) is 125 Å². The zero-order valence-electron chi connectivity index (χ0n) is 20.0. The normalized spacial score (nSPS) is 13.8. The number of hydrogen-bond donors (Lipinski definition) is 2. The van der Waals surface area contributed by atoms with E-state index in [1.165, 1.54) is 15.3 Å². The van der Waals surface area contributed by atoms with E-state index in [0.29, 0.717) is 23.7 Å². The number of anilines is 2. The molecule has 0 bridgehead atoms. The molecule has 0 radical (unpaired) electrons. The highest BCUT2D eigenvalue weighted by molar-refractivity contribution is 7.19. The summed E-state index contributed by atoms with van der Waals surface area (Å²) in [5.41, 5.74) is 3.31. The molecular formula is C24H24N8O3S. The lowest BCUT2D eigenvalue weighted by Gasteiger charge is -2.25. The van der Waals surface area contributed by atoms with E-state index in [4.69, 9.17) is 9.26 Å². The van der Waals surface area contributed by atoms with Crippen molar-refractivity contribution in [3.8, 4) is 5.75 Å². The van der Waals surface area contributed by atoms with E-state index in [1.807, 2.05) is 12.1 Å². The number of benzene rings is 1. The van der Waals surface area contributed by atoms with Gasteiger partial charge in [-0.1, -0.05) is 5.16 Å².